The third-order valence-electron chi connectivity index (χ3n) is 4.04. The number of benzene rings is 2. The van der Waals surface area contributed by atoms with Crippen molar-refractivity contribution >= 4 is 29.3 Å². The first-order chi connectivity index (χ1) is 13.0. The van der Waals surface area contributed by atoms with Crippen molar-refractivity contribution in [2.45, 2.75) is 17.4 Å². The van der Waals surface area contributed by atoms with Crippen LogP contribution in [0.15, 0.2) is 65.8 Å². The van der Waals surface area contributed by atoms with Crippen LogP contribution in [-0.4, -0.2) is 21.2 Å². The van der Waals surface area contributed by atoms with E-state index in [2.05, 4.69) is 10.3 Å². The molecule has 27 heavy (non-hydrogen) atoms. The third-order valence-corrected chi connectivity index (χ3v) is 5.30. The van der Waals surface area contributed by atoms with E-state index < -0.39 is 0 Å². The highest BCUT2D eigenvalue weighted by Crippen LogP contribution is 2.23. The summed E-state index contributed by atoms with van der Waals surface area (Å²) in [5, 5.41) is 3.69. The molecule has 0 aliphatic rings. The molecular weight excluding hydrogens is 385 g/mol. The van der Waals surface area contributed by atoms with Crippen LogP contribution in [0.3, 0.4) is 0 Å². The third kappa shape index (κ3) is 5.34. The molecule has 1 amide bonds. The normalized spacial score (nSPS) is 12.0. The molecule has 140 valence electrons. The molecule has 7 heteroatoms. The molecular formula is C20H19ClFN3OS. The highest BCUT2D eigenvalue weighted by Gasteiger charge is 2.20. The minimum atomic E-state index is -0.356. The summed E-state index contributed by atoms with van der Waals surface area (Å²) < 4.78 is 14.8. The van der Waals surface area contributed by atoms with E-state index in [1.807, 2.05) is 29.9 Å². The van der Waals surface area contributed by atoms with Crippen LogP contribution in [0.25, 0.3) is 0 Å². The van der Waals surface area contributed by atoms with Crippen LogP contribution in [0, 0.1) is 5.82 Å². The van der Waals surface area contributed by atoms with Crippen LogP contribution < -0.4 is 5.32 Å². The molecule has 4 nitrogen and oxygen atoms in total. The Hall–Kier alpha value is -2.31. The average molecular weight is 404 g/mol. The van der Waals surface area contributed by atoms with Gasteiger partial charge in [0.05, 0.1) is 0 Å². The lowest BCUT2D eigenvalue weighted by atomic mass is 10.1. The molecule has 0 saturated carbocycles. The Labute approximate surface area is 166 Å². The predicted molar refractivity (Wildman–Crippen MR) is 106 cm³/mol. The maximum atomic E-state index is 12.9. The number of aryl methyl sites for hydroxylation is 1. The molecule has 1 aromatic heterocycles. The second kappa shape index (κ2) is 9.06. The summed E-state index contributed by atoms with van der Waals surface area (Å²) in [4.78, 5) is 17.8. The Kier molecular flexibility index (Phi) is 6.53. The number of carbonyl (C=O) groups is 1. The van der Waals surface area contributed by atoms with E-state index in [1.54, 1.807) is 30.5 Å². The monoisotopic (exact) mass is 403 g/mol. The quantitative estimate of drug-likeness (QED) is 0.586. The van der Waals surface area contributed by atoms with Gasteiger partial charge in [0.25, 0.3) is 0 Å². The van der Waals surface area contributed by atoms with Gasteiger partial charge in [0.15, 0.2) is 0 Å². The number of halogens is 2. The number of amides is 1. The molecule has 0 radical (unpaired) electrons. The minimum absolute atomic E-state index is 0.0763. The van der Waals surface area contributed by atoms with E-state index in [1.165, 1.54) is 23.9 Å². The molecule has 3 aromatic rings. The van der Waals surface area contributed by atoms with Crippen LogP contribution in [0.4, 0.5) is 4.39 Å². The topological polar surface area (TPSA) is 46.9 Å². The molecule has 0 saturated heterocycles. The fraction of sp³-hybridized carbons (Fsp3) is 0.200. The van der Waals surface area contributed by atoms with Crippen molar-refractivity contribution in [2.75, 3.05) is 5.75 Å². The lowest BCUT2D eigenvalue weighted by Gasteiger charge is -2.19. The van der Waals surface area contributed by atoms with Gasteiger partial charge in [-0.1, -0.05) is 23.7 Å². The number of rotatable bonds is 7. The van der Waals surface area contributed by atoms with E-state index in [4.69, 9.17) is 11.6 Å². The first kappa shape index (κ1) is 19.5. The van der Waals surface area contributed by atoms with Crippen molar-refractivity contribution < 1.29 is 9.18 Å². The highest BCUT2D eigenvalue weighted by molar-refractivity contribution is 7.99. The molecule has 0 spiro atoms. The van der Waals surface area contributed by atoms with Crippen LogP contribution in [0.1, 0.15) is 23.9 Å². The number of imidazole rings is 1. The average Bonchev–Trinajstić information content (AvgIpc) is 3.08. The Morgan fingerprint density at radius 3 is 2.56 bits per heavy atom. The molecule has 0 unspecified atom stereocenters. The van der Waals surface area contributed by atoms with Crippen molar-refractivity contribution in [3.05, 3.63) is 83.2 Å². The van der Waals surface area contributed by atoms with Gasteiger partial charge in [-0.25, -0.2) is 9.37 Å². The molecule has 1 heterocycles. The van der Waals surface area contributed by atoms with Gasteiger partial charge in [-0.3, -0.25) is 4.79 Å². The fourth-order valence-electron chi connectivity index (χ4n) is 2.63. The molecule has 0 bridgehead atoms. The lowest BCUT2D eigenvalue weighted by molar-refractivity contribution is -0.121. The molecule has 2 aromatic carbocycles. The number of thioether (sulfide) groups is 1. The summed E-state index contributed by atoms with van der Waals surface area (Å²) in [6.07, 6.45) is 3.89. The van der Waals surface area contributed by atoms with Crippen LogP contribution in [0.5, 0.6) is 0 Å². The predicted octanol–water partition coefficient (Wildman–Crippen LogP) is 4.60. The summed E-state index contributed by atoms with van der Waals surface area (Å²) in [6.45, 7) is 0. The zero-order chi connectivity index (χ0) is 19.2. The first-order valence-electron chi connectivity index (χ1n) is 8.43. The van der Waals surface area contributed by atoms with E-state index in [-0.39, 0.29) is 17.8 Å². The van der Waals surface area contributed by atoms with Gasteiger partial charge in [-0.2, -0.15) is 0 Å². The number of hydrogen-bond acceptors (Lipinski definition) is 3. The largest absolute Gasteiger partial charge is 0.342 e. The van der Waals surface area contributed by atoms with Gasteiger partial charge in [-0.05, 0) is 42.0 Å². The molecule has 1 N–H and O–H groups in total. The number of aromatic nitrogens is 2. The molecule has 0 aliphatic carbocycles. The second-order valence-corrected chi connectivity index (χ2v) is 7.61. The van der Waals surface area contributed by atoms with Gasteiger partial charge in [0.2, 0.25) is 5.91 Å². The van der Waals surface area contributed by atoms with Crippen molar-refractivity contribution in [1.29, 1.82) is 0 Å². The first-order valence-corrected chi connectivity index (χ1v) is 9.79. The minimum Gasteiger partial charge on any atom is -0.342 e. The van der Waals surface area contributed by atoms with Crippen molar-refractivity contribution in [1.82, 2.24) is 14.9 Å². The van der Waals surface area contributed by atoms with Crippen molar-refractivity contribution in [3.8, 4) is 0 Å². The standard InChI is InChI=1S/C20H19ClFN3OS/c1-25-12-11-23-20(25)19(14-2-4-15(21)5-3-14)24-18(26)10-13-27-17-8-6-16(22)7-9-17/h2-9,11-12,19H,10,13H2,1H3,(H,24,26)/t19-/m1/s1. The van der Waals surface area contributed by atoms with E-state index in [0.29, 0.717) is 17.2 Å². The Bertz CT molecular complexity index is 896. The summed E-state index contributed by atoms with van der Waals surface area (Å²) in [6, 6.07) is 13.3. The summed E-state index contributed by atoms with van der Waals surface area (Å²) in [5.74, 6) is 1.01. The number of nitrogens with zero attached hydrogens (tertiary/aromatic N) is 2. The van der Waals surface area contributed by atoms with Gasteiger partial charge in [-0.15, -0.1) is 11.8 Å². The zero-order valence-corrected chi connectivity index (χ0v) is 16.3. The van der Waals surface area contributed by atoms with E-state index in [9.17, 15) is 9.18 Å². The Morgan fingerprint density at radius 1 is 1.22 bits per heavy atom. The summed E-state index contributed by atoms with van der Waals surface area (Å²) in [5.41, 5.74) is 0.910. The van der Waals surface area contributed by atoms with Crippen molar-refractivity contribution in [3.63, 3.8) is 0 Å². The molecule has 3 rings (SSSR count). The second-order valence-electron chi connectivity index (χ2n) is 6.00. The summed E-state index contributed by atoms with van der Waals surface area (Å²) in [7, 11) is 1.89. The van der Waals surface area contributed by atoms with Crippen LogP contribution in [0.2, 0.25) is 5.02 Å². The maximum absolute atomic E-state index is 12.9. The number of carbonyl (C=O) groups excluding carboxylic acids is 1. The summed E-state index contributed by atoms with van der Waals surface area (Å²) >= 11 is 7.50. The number of nitrogens with one attached hydrogen (secondary N) is 1. The Morgan fingerprint density at radius 2 is 1.93 bits per heavy atom. The van der Waals surface area contributed by atoms with Crippen molar-refractivity contribution in [2.24, 2.45) is 7.05 Å². The van der Waals surface area contributed by atoms with Gasteiger partial charge < -0.3 is 9.88 Å². The smallest absolute Gasteiger partial charge is 0.221 e. The SMILES string of the molecule is Cn1ccnc1[C@H](NC(=O)CCSc1ccc(F)cc1)c1ccc(Cl)cc1. The van der Waals surface area contributed by atoms with Gasteiger partial charge >= 0.3 is 0 Å². The highest BCUT2D eigenvalue weighted by atomic mass is 35.5. The van der Waals surface area contributed by atoms with Gasteiger partial charge in [0.1, 0.15) is 17.7 Å². The van der Waals surface area contributed by atoms with E-state index in [0.717, 1.165) is 16.3 Å². The maximum Gasteiger partial charge on any atom is 0.221 e. The number of hydrogen-bond donors (Lipinski definition) is 1. The van der Waals surface area contributed by atoms with Crippen LogP contribution in [-0.2, 0) is 11.8 Å². The van der Waals surface area contributed by atoms with E-state index >= 15 is 0 Å². The fourth-order valence-corrected chi connectivity index (χ4v) is 3.61. The zero-order valence-electron chi connectivity index (χ0n) is 14.7. The van der Waals surface area contributed by atoms with Gasteiger partial charge in [0, 0.05) is 41.5 Å². The Balaban J connectivity index is 1.64. The lowest BCUT2D eigenvalue weighted by Crippen LogP contribution is -2.31. The molecule has 1 atom stereocenters. The molecule has 0 fully saturated rings. The molecule has 0 aliphatic heterocycles. The van der Waals surface area contributed by atoms with Crippen LogP contribution >= 0.6 is 23.4 Å².